The number of hydrogen-bond donors (Lipinski definition) is 0. The highest BCUT2D eigenvalue weighted by molar-refractivity contribution is 7.92. The van der Waals surface area contributed by atoms with E-state index >= 15 is 0 Å². The van der Waals surface area contributed by atoms with Gasteiger partial charge in [0.15, 0.2) is 21.3 Å². The molecule has 2 aromatic rings. The maximum Gasteiger partial charge on any atom is 0.254 e. The molecule has 1 atom stereocenters. The van der Waals surface area contributed by atoms with Crippen LogP contribution < -0.4 is 9.47 Å². The number of halogens is 1. The van der Waals surface area contributed by atoms with Gasteiger partial charge >= 0.3 is 0 Å². The van der Waals surface area contributed by atoms with E-state index in [0.717, 1.165) is 0 Å². The van der Waals surface area contributed by atoms with Gasteiger partial charge in [-0.2, -0.15) is 0 Å². The van der Waals surface area contributed by atoms with Gasteiger partial charge in [-0.05, 0) is 48.9 Å². The fourth-order valence-electron chi connectivity index (χ4n) is 3.19. The molecular formula is C18H16ClNO5S. The SMILES string of the molecule is O=C(c1ccc2c(c1)OCO2)N1CC[C@@H](S(=O)(=O)c2ccc(Cl)cc2)C1. The Kier molecular flexibility index (Phi) is 4.28. The number of benzene rings is 2. The number of rotatable bonds is 3. The minimum Gasteiger partial charge on any atom is -0.454 e. The summed E-state index contributed by atoms with van der Waals surface area (Å²) in [7, 11) is -3.51. The van der Waals surface area contributed by atoms with E-state index in [1.165, 1.54) is 12.1 Å². The lowest BCUT2D eigenvalue weighted by molar-refractivity contribution is 0.0792. The maximum atomic E-state index is 12.8. The first-order valence-corrected chi connectivity index (χ1v) is 10.1. The molecule has 0 radical (unpaired) electrons. The summed E-state index contributed by atoms with van der Waals surface area (Å²) in [5.41, 5.74) is 0.457. The molecule has 0 aliphatic carbocycles. The van der Waals surface area contributed by atoms with Gasteiger partial charge in [-0.3, -0.25) is 4.79 Å². The topological polar surface area (TPSA) is 72.9 Å². The van der Waals surface area contributed by atoms with Crippen molar-refractivity contribution < 1.29 is 22.7 Å². The van der Waals surface area contributed by atoms with Crippen LogP contribution in [0.25, 0.3) is 0 Å². The van der Waals surface area contributed by atoms with Crippen LogP contribution in [0.3, 0.4) is 0 Å². The molecule has 6 nitrogen and oxygen atoms in total. The number of fused-ring (bicyclic) bond motifs is 1. The van der Waals surface area contributed by atoms with Crippen molar-refractivity contribution in [2.45, 2.75) is 16.6 Å². The highest BCUT2D eigenvalue weighted by Gasteiger charge is 2.36. The minimum atomic E-state index is -3.51. The first-order chi connectivity index (χ1) is 12.4. The molecule has 1 fully saturated rings. The summed E-state index contributed by atoms with van der Waals surface area (Å²) >= 11 is 5.83. The van der Waals surface area contributed by atoms with Crippen molar-refractivity contribution in [3.8, 4) is 11.5 Å². The van der Waals surface area contributed by atoms with Crippen LogP contribution in [0.15, 0.2) is 47.4 Å². The Morgan fingerprint density at radius 3 is 2.58 bits per heavy atom. The molecule has 2 aromatic carbocycles. The normalized spacial score (nSPS) is 19.0. The zero-order valence-electron chi connectivity index (χ0n) is 13.7. The largest absolute Gasteiger partial charge is 0.454 e. The van der Waals surface area contributed by atoms with Gasteiger partial charge in [0.25, 0.3) is 5.91 Å². The van der Waals surface area contributed by atoms with Crippen LogP contribution in [0.4, 0.5) is 0 Å². The van der Waals surface area contributed by atoms with E-state index in [2.05, 4.69) is 0 Å². The van der Waals surface area contributed by atoms with Crippen molar-refractivity contribution in [2.24, 2.45) is 0 Å². The maximum absolute atomic E-state index is 12.8. The monoisotopic (exact) mass is 393 g/mol. The second-order valence-electron chi connectivity index (χ2n) is 6.23. The first kappa shape index (κ1) is 17.2. The predicted molar refractivity (Wildman–Crippen MR) is 95.5 cm³/mol. The molecule has 0 aromatic heterocycles. The fourth-order valence-corrected chi connectivity index (χ4v) is 5.01. The molecule has 0 spiro atoms. The van der Waals surface area contributed by atoms with Crippen molar-refractivity contribution in [2.75, 3.05) is 19.9 Å². The standard InChI is InChI=1S/C18H16ClNO5S/c19-13-2-4-14(5-3-13)26(22,23)15-7-8-20(10-15)18(21)12-1-6-16-17(9-12)25-11-24-16/h1-6,9,15H,7-8,10-11H2/t15-/m1/s1. The lowest BCUT2D eigenvalue weighted by atomic mass is 10.2. The number of amides is 1. The lowest BCUT2D eigenvalue weighted by Gasteiger charge is -2.17. The zero-order valence-corrected chi connectivity index (χ0v) is 15.3. The van der Waals surface area contributed by atoms with Gasteiger partial charge < -0.3 is 14.4 Å². The Hall–Kier alpha value is -2.25. The van der Waals surface area contributed by atoms with Crippen LogP contribution in [0.2, 0.25) is 5.02 Å². The predicted octanol–water partition coefficient (Wildman–Crippen LogP) is 2.76. The van der Waals surface area contributed by atoms with Crippen LogP contribution in [0.1, 0.15) is 16.8 Å². The zero-order chi connectivity index (χ0) is 18.3. The third kappa shape index (κ3) is 3.01. The van der Waals surface area contributed by atoms with Crippen LogP contribution >= 0.6 is 11.6 Å². The summed E-state index contributed by atoms with van der Waals surface area (Å²) in [5.74, 6) is 0.920. The molecule has 4 rings (SSSR count). The highest BCUT2D eigenvalue weighted by atomic mass is 35.5. The third-order valence-electron chi connectivity index (χ3n) is 4.63. The van der Waals surface area contributed by atoms with E-state index in [9.17, 15) is 13.2 Å². The minimum absolute atomic E-state index is 0.137. The quantitative estimate of drug-likeness (QED) is 0.801. The Bertz CT molecular complexity index is 958. The van der Waals surface area contributed by atoms with Crippen molar-refractivity contribution in [3.05, 3.63) is 53.1 Å². The molecule has 2 aliphatic heterocycles. The van der Waals surface area contributed by atoms with Gasteiger partial charge in [0.05, 0.1) is 10.1 Å². The number of likely N-dealkylation sites (tertiary alicyclic amines) is 1. The molecule has 1 amide bonds. The molecule has 0 saturated carbocycles. The summed E-state index contributed by atoms with van der Waals surface area (Å²) in [6.07, 6.45) is 0.404. The molecule has 0 unspecified atom stereocenters. The van der Waals surface area contributed by atoms with E-state index in [-0.39, 0.29) is 24.1 Å². The number of carbonyl (C=O) groups excluding carboxylic acids is 1. The molecule has 2 heterocycles. The summed E-state index contributed by atoms with van der Waals surface area (Å²) in [6.45, 7) is 0.696. The Morgan fingerprint density at radius 2 is 1.81 bits per heavy atom. The number of hydrogen-bond acceptors (Lipinski definition) is 5. The summed E-state index contributed by atoms with van der Waals surface area (Å²) < 4.78 is 36.1. The Morgan fingerprint density at radius 1 is 1.08 bits per heavy atom. The third-order valence-corrected chi connectivity index (χ3v) is 7.08. The van der Waals surface area contributed by atoms with Crippen LogP contribution in [-0.4, -0.2) is 44.4 Å². The van der Waals surface area contributed by atoms with Gasteiger partial charge in [-0.1, -0.05) is 11.6 Å². The van der Waals surface area contributed by atoms with Crippen molar-refractivity contribution in [3.63, 3.8) is 0 Å². The van der Waals surface area contributed by atoms with Crippen molar-refractivity contribution in [1.29, 1.82) is 0 Å². The Balaban J connectivity index is 1.51. The Labute approximate surface area is 156 Å². The summed E-state index contributed by atoms with van der Waals surface area (Å²) in [6, 6.07) is 11.1. The van der Waals surface area contributed by atoms with E-state index < -0.39 is 15.1 Å². The number of carbonyl (C=O) groups is 1. The van der Waals surface area contributed by atoms with Crippen molar-refractivity contribution >= 4 is 27.3 Å². The molecule has 0 N–H and O–H groups in total. The van der Waals surface area contributed by atoms with Gasteiger partial charge in [0.1, 0.15) is 0 Å². The van der Waals surface area contributed by atoms with E-state index in [0.29, 0.717) is 35.1 Å². The smallest absolute Gasteiger partial charge is 0.254 e. The number of ether oxygens (including phenoxy) is 2. The second kappa shape index (κ2) is 6.48. The molecule has 2 aliphatic rings. The molecule has 1 saturated heterocycles. The van der Waals surface area contributed by atoms with Gasteiger partial charge in [0, 0.05) is 23.7 Å². The van der Waals surface area contributed by atoms with Gasteiger partial charge in [0.2, 0.25) is 6.79 Å². The van der Waals surface area contributed by atoms with Crippen LogP contribution in [-0.2, 0) is 9.84 Å². The van der Waals surface area contributed by atoms with Gasteiger partial charge in [-0.25, -0.2) is 8.42 Å². The van der Waals surface area contributed by atoms with Gasteiger partial charge in [-0.15, -0.1) is 0 Å². The van der Waals surface area contributed by atoms with E-state index in [4.69, 9.17) is 21.1 Å². The summed E-state index contributed by atoms with van der Waals surface area (Å²) in [5, 5.41) is -0.142. The lowest BCUT2D eigenvalue weighted by Crippen LogP contribution is -2.31. The highest BCUT2D eigenvalue weighted by Crippen LogP contribution is 2.33. The number of nitrogens with zero attached hydrogens (tertiary/aromatic N) is 1. The van der Waals surface area contributed by atoms with Crippen molar-refractivity contribution in [1.82, 2.24) is 4.90 Å². The fraction of sp³-hybridized carbons (Fsp3) is 0.278. The average molecular weight is 394 g/mol. The first-order valence-electron chi connectivity index (χ1n) is 8.13. The van der Waals surface area contributed by atoms with E-state index in [1.807, 2.05) is 0 Å². The number of sulfone groups is 1. The van der Waals surface area contributed by atoms with Crippen LogP contribution in [0, 0.1) is 0 Å². The second-order valence-corrected chi connectivity index (χ2v) is 8.89. The molecule has 136 valence electrons. The van der Waals surface area contributed by atoms with E-state index in [1.54, 1.807) is 35.2 Å². The molecule has 8 heteroatoms. The molecular weight excluding hydrogens is 378 g/mol. The molecule has 26 heavy (non-hydrogen) atoms. The average Bonchev–Trinajstić information content (AvgIpc) is 3.30. The molecule has 0 bridgehead atoms. The summed E-state index contributed by atoms with van der Waals surface area (Å²) in [4.78, 5) is 14.5. The van der Waals surface area contributed by atoms with Crippen LogP contribution in [0.5, 0.6) is 11.5 Å².